The first kappa shape index (κ1) is 13.4. The van der Waals surface area contributed by atoms with E-state index in [4.69, 9.17) is 0 Å². The lowest BCUT2D eigenvalue weighted by Crippen LogP contribution is -2.26. The van der Waals surface area contributed by atoms with Crippen LogP contribution >= 0.6 is 27.7 Å². The van der Waals surface area contributed by atoms with E-state index in [0.29, 0.717) is 10.5 Å². The topological polar surface area (TPSA) is 12.0 Å². The Balaban J connectivity index is 1.84. The van der Waals surface area contributed by atoms with E-state index in [-0.39, 0.29) is 5.82 Å². The molecule has 1 aliphatic carbocycles. The van der Waals surface area contributed by atoms with Crippen molar-refractivity contribution in [2.45, 2.75) is 37.1 Å². The van der Waals surface area contributed by atoms with Crippen molar-refractivity contribution < 1.29 is 4.39 Å². The molecule has 2 unspecified atom stereocenters. The van der Waals surface area contributed by atoms with Gasteiger partial charge in [-0.05, 0) is 59.1 Å². The zero-order valence-electron chi connectivity index (χ0n) is 9.88. The summed E-state index contributed by atoms with van der Waals surface area (Å²) in [5.74, 6) is -0.183. The van der Waals surface area contributed by atoms with Gasteiger partial charge in [-0.1, -0.05) is 6.07 Å². The van der Waals surface area contributed by atoms with E-state index in [1.165, 1.54) is 19.3 Å². The smallest absolute Gasteiger partial charge is 0.137 e. The lowest BCUT2D eigenvalue weighted by atomic mass is 10.2. The molecule has 0 spiro atoms. The molecule has 2 rings (SSSR count). The quantitative estimate of drug-likeness (QED) is 0.902. The zero-order valence-corrected chi connectivity index (χ0v) is 12.3. The van der Waals surface area contributed by atoms with Gasteiger partial charge in [0, 0.05) is 17.8 Å². The number of nitrogens with one attached hydrogen (secondary N) is 1. The number of hydrogen-bond donors (Lipinski definition) is 1. The van der Waals surface area contributed by atoms with Crippen molar-refractivity contribution in [3.05, 3.63) is 34.1 Å². The molecule has 4 heteroatoms. The van der Waals surface area contributed by atoms with Gasteiger partial charge in [-0.25, -0.2) is 4.39 Å². The van der Waals surface area contributed by atoms with Crippen LogP contribution < -0.4 is 5.32 Å². The maximum Gasteiger partial charge on any atom is 0.137 e. The molecule has 0 aliphatic heterocycles. The monoisotopic (exact) mass is 317 g/mol. The molecule has 2 atom stereocenters. The summed E-state index contributed by atoms with van der Waals surface area (Å²) in [6, 6.07) is 5.92. The van der Waals surface area contributed by atoms with Gasteiger partial charge in [-0.15, -0.1) is 0 Å². The van der Waals surface area contributed by atoms with Gasteiger partial charge in [0.05, 0.1) is 4.47 Å². The maximum absolute atomic E-state index is 13.3. The Bertz CT molecular complexity index is 386. The summed E-state index contributed by atoms with van der Waals surface area (Å²) < 4.78 is 13.9. The molecule has 1 N–H and O–H groups in total. The van der Waals surface area contributed by atoms with Crippen LogP contribution in [0.1, 0.15) is 24.8 Å². The highest BCUT2D eigenvalue weighted by molar-refractivity contribution is 9.10. The van der Waals surface area contributed by atoms with Gasteiger partial charge < -0.3 is 5.32 Å². The second kappa shape index (κ2) is 6.21. The normalized spacial score (nSPS) is 24.2. The summed E-state index contributed by atoms with van der Waals surface area (Å²) in [5.41, 5.74) is 1.01. The van der Waals surface area contributed by atoms with Crippen molar-refractivity contribution in [3.8, 4) is 0 Å². The van der Waals surface area contributed by atoms with Crippen molar-refractivity contribution in [1.82, 2.24) is 5.32 Å². The average Bonchev–Trinajstić information content (AvgIpc) is 2.79. The Morgan fingerprint density at radius 3 is 2.94 bits per heavy atom. The highest BCUT2D eigenvalue weighted by Gasteiger charge is 2.23. The predicted octanol–water partition coefficient (Wildman–Crippen LogP) is 3.96. The molecule has 0 aromatic heterocycles. The zero-order chi connectivity index (χ0) is 12.3. The molecule has 0 bridgehead atoms. The largest absolute Gasteiger partial charge is 0.310 e. The van der Waals surface area contributed by atoms with Gasteiger partial charge >= 0.3 is 0 Å². The van der Waals surface area contributed by atoms with E-state index < -0.39 is 0 Å². The van der Waals surface area contributed by atoms with Gasteiger partial charge in [0.25, 0.3) is 0 Å². The molecule has 0 amide bonds. The Labute approximate surface area is 115 Å². The molecule has 1 nitrogen and oxygen atoms in total. The third-order valence-corrected chi connectivity index (χ3v) is 5.03. The van der Waals surface area contributed by atoms with Crippen LogP contribution in [0.3, 0.4) is 0 Å². The van der Waals surface area contributed by atoms with E-state index in [9.17, 15) is 4.39 Å². The summed E-state index contributed by atoms with van der Waals surface area (Å²) in [6.45, 7) is 0.760. The number of rotatable bonds is 4. The van der Waals surface area contributed by atoms with Gasteiger partial charge in [-0.3, -0.25) is 0 Å². The third kappa shape index (κ3) is 3.70. The van der Waals surface area contributed by atoms with Crippen molar-refractivity contribution >= 4 is 27.7 Å². The first-order chi connectivity index (χ1) is 8.19. The molecular weight excluding hydrogens is 301 g/mol. The van der Waals surface area contributed by atoms with Crippen LogP contribution in [-0.2, 0) is 6.54 Å². The fourth-order valence-corrected chi connectivity index (χ4v) is 3.29. The van der Waals surface area contributed by atoms with Crippen molar-refractivity contribution in [2.24, 2.45) is 0 Å². The van der Waals surface area contributed by atoms with E-state index in [1.54, 1.807) is 12.1 Å². The number of halogens is 2. The Kier molecular flexibility index (Phi) is 4.88. The van der Waals surface area contributed by atoms with Gasteiger partial charge in [0.1, 0.15) is 5.82 Å². The van der Waals surface area contributed by atoms with Crippen molar-refractivity contribution in [2.75, 3.05) is 6.26 Å². The number of hydrogen-bond acceptors (Lipinski definition) is 2. The highest BCUT2D eigenvalue weighted by atomic mass is 79.9. The maximum atomic E-state index is 13.3. The Hall–Kier alpha value is -0.0600. The fraction of sp³-hybridized carbons (Fsp3) is 0.538. The minimum absolute atomic E-state index is 0.183. The van der Waals surface area contributed by atoms with E-state index in [2.05, 4.69) is 27.5 Å². The fourth-order valence-electron chi connectivity index (χ4n) is 2.25. The first-order valence-electron chi connectivity index (χ1n) is 5.89. The van der Waals surface area contributed by atoms with Crippen LogP contribution in [0.2, 0.25) is 0 Å². The molecule has 17 heavy (non-hydrogen) atoms. The summed E-state index contributed by atoms with van der Waals surface area (Å²) in [4.78, 5) is 0. The van der Waals surface area contributed by atoms with Crippen LogP contribution in [-0.4, -0.2) is 17.5 Å². The highest BCUT2D eigenvalue weighted by Crippen LogP contribution is 2.28. The van der Waals surface area contributed by atoms with E-state index in [0.717, 1.165) is 17.4 Å². The Morgan fingerprint density at radius 2 is 2.29 bits per heavy atom. The van der Waals surface area contributed by atoms with Crippen LogP contribution in [0.4, 0.5) is 4.39 Å². The summed E-state index contributed by atoms with van der Waals surface area (Å²) in [6.07, 6.45) is 5.95. The molecule has 1 aliphatic rings. The van der Waals surface area contributed by atoms with E-state index >= 15 is 0 Å². The molecule has 1 saturated carbocycles. The Morgan fingerprint density at radius 1 is 1.47 bits per heavy atom. The molecule has 1 aromatic carbocycles. The third-order valence-electron chi connectivity index (χ3n) is 3.30. The van der Waals surface area contributed by atoms with Crippen LogP contribution in [0.25, 0.3) is 0 Å². The van der Waals surface area contributed by atoms with Gasteiger partial charge in [-0.2, -0.15) is 11.8 Å². The van der Waals surface area contributed by atoms with Crippen LogP contribution in [0.5, 0.6) is 0 Å². The molecule has 1 fully saturated rings. The standard InChI is InChI=1S/C13H17BrFNS/c1-17-11-4-3-10(7-11)16-8-9-2-5-12(14)13(15)6-9/h2,5-6,10-11,16H,3-4,7-8H2,1H3. The molecule has 0 saturated heterocycles. The SMILES string of the molecule is CSC1CCC(NCc2ccc(Br)c(F)c2)C1. The van der Waals surface area contributed by atoms with Gasteiger partial charge in [0.2, 0.25) is 0 Å². The minimum atomic E-state index is -0.183. The molecular formula is C13H17BrFNS. The number of benzene rings is 1. The van der Waals surface area contributed by atoms with Crippen LogP contribution in [0, 0.1) is 5.82 Å². The summed E-state index contributed by atoms with van der Waals surface area (Å²) in [5, 5.41) is 4.31. The predicted molar refractivity (Wildman–Crippen MR) is 75.9 cm³/mol. The average molecular weight is 318 g/mol. The summed E-state index contributed by atoms with van der Waals surface area (Å²) in [7, 11) is 0. The molecule has 0 heterocycles. The molecule has 1 aromatic rings. The van der Waals surface area contributed by atoms with Gasteiger partial charge in [0.15, 0.2) is 0 Å². The molecule has 94 valence electrons. The second-order valence-corrected chi connectivity index (χ2v) is 6.49. The minimum Gasteiger partial charge on any atom is -0.310 e. The lowest BCUT2D eigenvalue weighted by Gasteiger charge is -2.12. The second-order valence-electron chi connectivity index (χ2n) is 4.50. The van der Waals surface area contributed by atoms with Crippen LogP contribution in [0.15, 0.2) is 22.7 Å². The van der Waals surface area contributed by atoms with Crippen molar-refractivity contribution in [3.63, 3.8) is 0 Å². The molecule has 0 radical (unpaired) electrons. The number of thioether (sulfide) groups is 1. The van der Waals surface area contributed by atoms with E-state index in [1.807, 2.05) is 17.8 Å². The lowest BCUT2D eigenvalue weighted by molar-refractivity contribution is 0.523. The first-order valence-corrected chi connectivity index (χ1v) is 7.97. The van der Waals surface area contributed by atoms with Crippen molar-refractivity contribution in [1.29, 1.82) is 0 Å². The summed E-state index contributed by atoms with van der Waals surface area (Å²) >= 11 is 5.12.